The van der Waals surface area contributed by atoms with Crippen molar-refractivity contribution in [2.24, 2.45) is 11.7 Å². The van der Waals surface area contributed by atoms with Crippen molar-refractivity contribution < 1.29 is 9.53 Å². The minimum atomic E-state index is -1.01. The quantitative estimate of drug-likeness (QED) is 0.626. The Morgan fingerprint density at radius 3 is 3.00 bits per heavy atom. The molecule has 0 spiro atoms. The number of esters is 1. The van der Waals surface area contributed by atoms with Gasteiger partial charge in [0.2, 0.25) is 5.72 Å². The summed E-state index contributed by atoms with van der Waals surface area (Å²) in [5, 5.41) is 2.53. The van der Waals surface area contributed by atoms with Gasteiger partial charge >= 0.3 is 5.97 Å². The predicted molar refractivity (Wildman–Crippen MR) is 57.1 cm³/mol. The number of nitrogens with two attached hydrogens (primary N) is 1. The summed E-state index contributed by atoms with van der Waals surface area (Å²) in [4.78, 5) is 15.2. The van der Waals surface area contributed by atoms with Crippen molar-refractivity contribution in [1.29, 1.82) is 0 Å². The molecular formula is C10H14N2O2S. The van der Waals surface area contributed by atoms with Crippen LogP contribution in [0.1, 0.15) is 31.2 Å². The lowest BCUT2D eigenvalue weighted by Crippen LogP contribution is -2.41. The van der Waals surface area contributed by atoms with Crippen LogP contribution in [0.3, 0.4) is 0 Å². The number of hydrogen-bond donors (Lipinski definition) is 1. The van der Waals surface area contributed by atoms with Crippen molar-refractivity contribution in [3.05, 3.63) is 16.6 Å². The Hall–Kier alpha value is -0.940. The molecular weight excluding hydrogens is 212 g/mol. The van der Waals surface area contributed by atoms with Crippen molar-refractivity contribution in [2.45, 2.75) is 31.9 Å². The maximum atomic E-state index is 11.0. The Morgan fingerprint density at radius 1 is 1.80 bits per heavy atom. The molecule has 15 heavy (non-hydrogen) atoms. The van der Waals surface area contributed by atoms with Gasteiger partial charge in [-0.3, -0.25) is 10.5 Å². The zero-order valence-corrected chi connectivity index (χ0v) is 9.42. The molecule has 1 heterocycles. The van der Waals surface area contributed by atoms with E-state index in [1.54, 1.807) is 6.20 Å². The first-order valence-corrected chi connectivity index (χ1v) is 5.86. The number of hydrogen-bond acceptors (Lipinski definition) is 5. The van der Waals surface area contributed by atoms with Crippen LogP contribution in [0.2, 0.25) is 0 Å². The lowest BCUT2D eigenvalue weighted by atomic mass is 10.1. The largest absolute Gasteiger partial charge is 0.437 e. The Morgan fingerprint density at radius 2 is 2.53 bits per heavy atom. The predicted octanol–water partition coefficient (Wildman–Crippen LogP) is 1.62. The van der Waals surface area contributed by atoms with Crippen molar-refractivity contribution in [1.82, 2.24) is 4.98 Å². The first-order valence-electron chi connectivity index (χ1n) is 4.98. The lowest BCUT2D eigenvalue weighted by Gasteiger charge is -2.26. The van der Waals surface area contributed by atoms with Crippen molar-refractivity contribution >= 4 is 17.3 Å². The molecule has 0 aromatic carbocycles. The molecule has 1 aromatic heterocycles. The Kier molecular flexibility index (Phi) is 2.75. The summed E-state index contributed by atoms with van der Waals surface area (Å²) in [6, 6.07) is 0. The van der Waals surface area contributed by atoms with E-state index in [1.807, 2.05) is 5.38 Å². The number of aromatic nitrogens is 1. The lowest BCUT2D eigenvalue weighted by molar-refractivity contribution is -0.159. The van der Waals surface area contributed by atoms with Crippen LogP contribution in [0.5, 0.6) is 0 Å². The molecule has 4 nitrogen and oxygen atoms in total. The second-order valence-corrected chi connectivity index (χ2v) is 4.86. The normalized spacial score (nSPS) is 19.6. The highest BCUT2D eigenvalue weighted by atomic mass is 32.1. The molecule has 1 aliphatic rings. The van der Waals surface area contributed by atoms with Gasteiger partial charge in [-0.05, 0) is 18.8 Å². The molecule has 1 aromatic rings. The highest BCUT2D eigenvalue weighted by molar-refractivity contribution is 7.09. The van der Waals surface area contributed by atoms with E-state index in [-0.39, 0.29) is 5.97 Å². The molecule has 0 saturated heterocycles. The zero-order chi connectivity index (χ0) is 10.9. The fourth-order valence-electron chi connectivity index (χ4n) is 1.61. The average Bonchev–Trinajstić information content (AvgIpc) is 2.78. The summed E-state index contributed by atoms with van der Waals surface area (Å²) in [5.74, 6) is 0.228. The monoisotopic (exact) mass is 226 g/mol. The molecule has 82 valence electrons. The maximum absolute atomic E-state index is 11.0. The molecule has 1 aliphatic carbocycles. The summed E-state index contributed by atoms with van der Waals surface area (Å²) in [6.45, 7) is 1.38. The van der Waals surface area contributed by atoms with Gasteiger partial charge < -0.3 is 4.74 Å². The van der Waals surface area contributed by atoms with Crippen LogP contribution in [0.25, 0.3) is 0 Å². The van der Waals surface area contributed by atoms with Gasteiger partial charge in [-0.25, -0.2) is 4.98 Å². The third-order valence-electron chi connectivity index (χ3n) is 2.41. The minimum absolute atomic E-state index is 0.353. The standard InChI is InChI=1S/C10H14N2O2S/c1-7(13)14-10(11,6-8-2-3-8)9-12-4-5-15-9/h4-5,8H,2-3,6,11H2,1H3/t10-/m0/s1. The van der Waals surface area contributed by atoms with Crippen LogP contribution < -0.4 is 5.73 Å². The topological polar surface area (TPSA) is 65.2 Å². The fourth-order valence-corrected chi connectivity index (χ4v) is 2.31. The van der Waals surface area contributed by atoms with Gasteiger partial charge in [0.05, 0.1) is 0 Å². The molecule has 0 amide bonds. The van der Waals surface area contributed by atoms with Gasteiger partial charge in [0, 0.05) is 24.9 Å². The van der Waals surface area contributed by atoms with Crippen LogP contribution in [0.4, 0.5) is 0 Å². The smallest absolute Gasteiger partial charge is 0.304 e. The van der Waals surface area contributed by atoms with E-state index >= 15 is 0 Å². The van der Waals surface area contributed by atoms with Gasteiger partial charge in [-0.1, -0.05) is 0 Å². The second kappa shape index (κ2) is 3.90. The number of thiazole rings is 1. The van der Waals surface area contributed by atoms with E-state index in [1.165, 1.54) is 31.1 Å². The van der Waals surface area contributed by atoms with E-state index in [0.717, 1.165) is 0 Å². The van der Waals surface area contributed by atoms with E-state index in [4.69, 9.17) is 10.5 Å². The molecule has 5 heteroatoms. The van der Waals surface area contributed by atoms with Crippen molar-refractivity contribution in [3.63, 3.8) is 0 Å². The van der Waals surface area contributed by atoms with E-state index in [9.17, 15) is 4.79 Å². The Balaban J connectivity index is 2.16. The molecule has 1 fully saturated rings. The van der Waals surface area contributed by atoms with Gasteiger partial charge in [0.25, 0.3) is 0 Å². The molecule has 2 N–H and O–H groups in total. The fraction of sp³-hybridized carbons (Fsp3) is 0.600. The van der Waals surface area contributed by atoms with Crippen LogP contribution in [-0.4, -0.2) is 11.0 Å². The van der Waals surface area contributed by atoms with Gasteiger partial charge in [0.15, 0.2) is 5.01 Å². The molecule has 2 rings (SSSR count). The third kappa shape index (κ3) is 2.54. The van der Waals surface area contributed by atoms with Gasteiger partial charge in [0.1, 0.15) is 0 Å². The summed E-state index contributed by atoms with van der Waals surface area (Å²) in [5.41, 5.74) is 5.10. The number of nitrogens with zero attached hydrogens (tertiary/aromatic N) is 1. The van der Waals surface area contributed by atoms with Crippen LogP contribution in [0, 0.1) is 5.92 Å². The first-order chi connectivity index (χ1) is 7.10. The summed E-state index contributed by atoms with van der Waals surface area (Å²) < 4.78 is 5.22. The number of carbonyl (C=O) groups excluding carboxylic acids is 1. The summed E-state index contributed by atoms with van der Waals surface area (Å²) in [7, 11) is 0. The Bertz CT molecular complexity index is 348. The Labute approximate surface area is 92.5 Å². The van der Waals surface area contributed by atoms with Crippen molar-refractivity contribution in [2.75, 3.05) is 0 Å². The van der Waals surface area contributed by atoms with Crippen LogP contribution >= 0.6 is 11.3 Å². The highest BCUT2D eigenvalue weighted by Gasteiger charge is 2.39. The maximum Gasteiger partial charge on any atom is 0.304 e. The van der Waals surface area contributed by atoms with Crippen LogP contribution in [-0.2, 0) is 15.3 Å². The molecule has 0 aliphatic heterocycles. The van der Waals surface area contributed by atoms with Gasteiger partial charge in [-0.15, -0.1) is 11.3 Å². The first kappa shape index (κ1) is 10.6. The highest BCUT2D eigenvalue weighted by Crippen LogP contribution is 2.40. The SMILES string of the molecule is CC(=O)O[C@@](N)(CC1CC1)c1nccs1. The van der Waals surface area contributed by atoms with Gasteiger partial charge in [-0.2, -0.15) is 0 Å². The summed E-state index contributed by atoms with van der Waals surface area (Å²) in [6.07, 6.45) is 4.70. The van der Waals surface area contributed by atoms with E-state index in [0.29, 0.717) is 17.3 Å². The van der Waals surface area contributed by atoms with Crippen LogP contribution in [0.15, 0.2) is 11.6 Å². The molecule has 1 atom stereocenters. The molecule has 0 radical (unpaired) electrons. The zero-order valence-electron chi connectivity index (χ0n) is 8.60. The van der Waals surface area contributed by atoms with E-state index in [2.05, 4.69) is 4.98 Å². The summed E-state index contributed by atoms with van der Waals surface area (Å²) >= 11 is 1.43. The molecule has 1 saturated carbocycles. The average molecular weight is 226 g/mol. The number of ether oxygens (including phenoxy) is 1. The molecule has 0 unspecified atom stereocenters. The van der Waals surface area contributed by atoms with Crippen molar-refractivity contribution in [3.8, 4) is 0 Å². The number of carbonyl (C=O) groups is 1. The number of rotatable bonds is 4. The third-order valence-corrected chi connectivity index (χ3v) is 3.34. The van der Waals surface area contributed by atoms with E-state index < -0.39 is 5.72 Å². The second-order valence-electron chi connectivity index (χ2n) is 3.97. The minimum Gasteiger partial charge on any atom is -0.437 e. The molecule has 0 bridgehead atoms.